The third-order valence-electron chi connectivity index (χ3n) is 1.60. The van der Waals surface area contributed by atoms with Crippen molar-refractivity contribution in [1.82, 2.24) is 5.48 Å². The Morgan fingerprint density at radius 2 is 2.21 bits per heavy atom. The largest absolute Gasteiger partial charge is 0.490 e. The van der Waals surface area contributed by atoms with Gasteiger partial charge in [-0.3, -0.25) is 0 Å². The van der Waals surface area contributed by atoms with Crippen molar-refractivity contribution in [3.05, 3.63) is 28.2 Å². The maximum Gasteiger partial charge on any atom is 0.138 e. The Hall–Kier alpha value is -0.480. The second-order valence-corrected chi connectivity index (χ2v) is 3.76. The molecule has 5 heteroatoms. The third kappa shape index (κ3) is 3.35. The normalized spacial score (nSPS) is 12.6. The Morgan fingerprint density at radius 1 is 1.50 bits per heavy atom. The lowest BCUT2D eigenvalue weighted by Gasteiger charge is -2.12. The van der Waals surface area contributed by atoms with Gasteiger partial charge in [0.15, 0.2) is 0 Å². The highest BCUT2D eigenvalue weighted by atomic mass is 35.5. The fourth-order valence-electron chi connectivity index (χ4n) is 0.844. The van der Waals surface area contributed by atoms with Crippen LogP contribution in [-0.2, 0) is 0 Å². The molecule has 0 aliphatic carbocycles. The quantitative estimate of drug-likeness (QED) is 0.789. The lowest BCUT2D eigenvalue weighted by Crippen LogP contribution is -2.28. The molecule has 0 radical (unpaired) electrons. The molecule has 78 valence electrons. The Bertz CT molecular complexity index is 307. The van der Waals surface area contributed by atoms with E-state index >= 15 is 0 Å². The summed E-state index contributed by atoms with van der Waals surface area (Å²) in [6.07, 6.45) is 0. The number of benzene rings is 1. The van der Waals surface area contributed by atoms with Crippen molar-refractivity contribution in [2.75, 3.05) is 6.61 Å². The highest BCUT2D eigenvalue weighted by Gasteiger charge is 2.04. The van der Waals surface area contributed by atoms with Crippen molar-refractivity contribution in [2.45, 2.75) is 13.0 Å². The van der Waals surface area contributed by atoms with E-state index < -0.39 is 0 Å². The van der Waals surface area contributed by atoms with Crippen molar-refractivity contribution >= 4 is 23.2 Å². The number of hydrogen-bond donors (Lipinski definition) is 2. The van der Waals surface area contributed by atoms with Crippen LogP contribution in [0.15, 0.2) is 18.2 Å². The fraction of sp³-hybridized carbons (Fsp3) is 0.333. The van der Waals surface area contributed by atoms with Gasteiger partial charge in [0.1, 0.15) is 12.4 Å². The van der Waals surface area contributed by atoms with E-state index in [-0.39, 0.29) is 6.04 Å². The van der Waals surface area contributed by atoms with Crippen LogP contribution in [0.25, 0.3) is 0 Å². The van der Waals surface area contributed by atoms with Crippen LogP contribution in [-0.4, -0.2) is 17.9 Å². The van der Waals surface area contributed by atoms with Gasteiger partial charge in [0.25, 0.3) is 0 Å². The molecule has 0 saturated carbocycles. The molecule has 0 bridgehead atoms. The molecule has 1 rings (SSSR count). The second-order valence-electron chi connectivity index (χ2n) is 2.92. The summed E-state index contributed by atoms with van der Waals surface area (Å²) in [6.45, 7) is 2.11. The van der Waals surface area contributed by atoms with E-state index in [0.29, 0.717) is 22.4 Å². The molecule has 0 spiro atoms. The molecule has 0 saturated heterocycles. The second kappa shape index (κ2) is 5.41. The average molecular weight is 236 g/mol. The molecule has 1 aromatic rings. The van der Waals surface area contributed by atoms with Crippen LogP contribution < -0.4 is 10.2 Å². The minimum atomic E-state index is -0.151. The van der Waals surface area contributed by atoms with E-state index in [9.17, 15) is 0 Å². The van der Waals surface area contributed by atoms with E-state index in [0.717, 1.165) is 0 Å². The highest BCUT2D eigenvalue weighted by molar-refractivity contribution is 6.35. The van der Waals surface area contributed by atoms with Crippen LogP contribution >= 0.6 is 23.2 Å². The summed E-state index contributed by atoms with van der Waals surface area (Å²) in [4.78, 5) is 0. The molecular weight excluding hydrogens is 225 g/mol. The van der Waals surface area contributed by atoms with Crippen molar-refractivity contribution in [3.8, 4) is 5.75 Å². The maximum absolute atomic E-state index is 8.54. The van der Waals surface area contributed by atoms with Crippen molar-refractivity contribution in [3.63, 3.8) is 0 Å². The summed E-state index contributed by atoms with van der Waals surface area (Å²) >= 11 is 11.6. The third-order valence-corrected chi connectivity index (χ3v) is 2.13. The summed E-state index contributed by atoms with van der Waals surface area (Å²) < 4.78 is 5.33. The van der Waals surface area contributed by atoms with Gasteiger partial charge in [-0.15, -0.1) is 0 Å². The van der Waals surface area contributed by atoms with E-state index in [1.165, 1.54) is 0 Å². The van der Waals surface area contributed by atoms with E-state index in [1.54, 1.807) is 25.1 Å². The fourth-order valence-corrected chi connectivity index (χ4v) is 1.31. The first-order valence-electron chi connectivity index (χ1n) is 4.11. The van der Waals surface area contributed by atoms with Crippen LogP contribution in [0.1, 0.15) is 6.92 Å². The molecule has 1 unspecified atom stereocenters. The molecule has 1 atom stereocenters. The molecule has 1 aromatic carbocycles. The predicted octanol–water partition coefficient (Wildman–Crippen LogP) is 2.74. The van der Waals surface area contributed by atoms with Gasteiger partial charge in [-0.2, -0.15) is 5.48 Å². The smallest absolute Gasteiger partial charge is 0.138 e. The lowest BCUT2D eigenvalue weighted by atomic mass is 10.3. The Kier molecular flexibility index (Phi) is 4.48. The first-order chi connectivity index (χ1) is 6.63. The number of hydrogen-bond acceptors (Lipinski definition) is 3. The van der Waals surface area contributed by atoms with Gasteiger partial charge in [-0.1, -0.05) is 23.2 Å². The van der Waals surface area contributed by atoms with Gasteiger partial charge < -0.3 is 9.94 Å². The van der Waals surface area contributed by atoms with Gasteiger partial charge in [0, 0.05) is 5.02 Å². The van der Waals surface area contributed by atoms with E-state index in [2.05, 4.69) is 5.48 Å². The monoisotopic (exact) mass is 235 g/mol. The van der Waals surface area contributed by atoms with E-state index in [1.807, 2.05) is 0 Å². The molecule has 0 fully saturated rings. The SMILES string of the molecule is CC(COc1ccc(Cl)cc1Cl)NO. The molecule has 2 N–H and O–H groups in total. The number of ether oxygens (including phenoxy) is 1. The Labute approximate surface area is 92.5 Å². The number of nitrogens with one attached hydrogen (secondary N) is 1. The van der Waals surface area contributed by atoms with Crippen LogP contribution in [0.5, 0.6) is 5.75 Å². The molecule has 14 heavy (non-hydrogen) atoms. The highest BCUT2D eigenvalue weighted by Crippen LogP contribution is 2.27. The molecule has 3 nitrogen and oxygen atoms in total. The summed E-state index contributed by atoms with van der Waals surface area (Å²) in [6, 6.07) is 4.84. The van der Waals surface area contributed by atoms with Gasteiger partial charge in [-0.25, -0.2) is 0 Å². The Morgan fingerprint density at radius 3 is 2.79 bits per heavy atom. The first-order valence-corrected chi connectivity index (χ1v) is 4.86. The van der Waals surface area contributed by atoms with E-state index in [4.69, 9.17) is 33.1 Å². The Balaban J connectivity index is 2.59. The van der Waals surface area contributed by atoms with Crippen LogP contribution in [0.3, 0.4) is 0 Å². The van der Waals surface area contributed by atoms with Gasteiger partial charge in [0.05, 0.1) is 11.1 Å². The molecule has 0 amide bonds. The predicted molar refractivity (Wildman–Crippen MR) is 56.3 cm³/mol. The van der Waals surface area contributed by atoms with Crippen LogP contribution in [0, 0.1) is 0 Å². The van der Waals surface area contributed by atoms with Crippen molar-refractivity contribution in [2.24, 2.45) is 0 Å². The standard InChI is InChI=1S/C9H11Cl2NO2/c1-6(12-13)5-14-9-3-2-7(10)4-8(9)11/h2-4,6,12-13H,5H2,1H3. The molecule has 0 heterocycles. The number of hydroxylamine groups is 1. The van der Waals surface area contributed by atoms with Gasteiger partial charge in [-0.05, 0) is 25.1 Å². The first kappa shape index (κ1) is 11.6. The summed E-state index contributed by atoms with van der Waals surface area (Å²) in [5.41, 5.74) is 2.07. The molecule has 0 aromatic heterocycles. The van der Waals surface area contributed by atoms with Crippen LogP contribution in [0.4, 0.5) is 0 Å². The zero-order valence-electron chi connectivity index (χ0n) is 7.63. The summed E-state index contributed by atoms with van der Waals surface area (Å²) in [5, 5.41) is 9.57. The maximum atomic E-state index is 8.54. The summed E-state index contributed by atoms with van der Waals surface area (Å²) in [7, 11) is 0. The topological polar surface area (TPSA) is 41.5 Å². The van der Waals surface area contributed by atoms with Crippen molar-refractivity contribution in [1.29, 1.82) is 0 Å². The van der Waals surface area contributed by atoms with Gasteiger partial charge in [0.2, 0.25) is 0 Å². The number of halogens is 2. The number of rotatable bonds is 4. The minimum Gasteiger partial charge on any atom is -0.490 e. The molecule has 0 aliphatic rings. The average Bonchev–Trinajstić information content (AvgIpc) is 2.16. The lowest BCUT2D eigenvalue weighted by molar-refractivity contribution is 0.105. The van der Waals surface area contributed by atoms with Crippen molar-refractivity contribution < 1.29 is 9.94 Å². The minimum absolute atomic E-state index is 0.151. The molecular formula is C9H11Cl2NO2. The zero-order valence-corrected chi connectivity index (χ0v) is 9.14. The van der Waals surface area contributed by atoms with Crippen LogP contribution in [0.2, 0.25) is 10.0 Å². The molecule has 0 aliphatic heterocycles. The summed E-state index contributed by atoms with van der Waals surface area (Å²) in [5.74, 6) is 0.554. The zero-order chi connectivity index (χ0) is 10.6. The van der Waals surface area contributed by atoms with Gasteiger partial charge >= 0.3 is 0 Å².